The van der Waals surface area contributed by atoms with Crippen LogP contribution in [0.5, 0.6) is 0 Å². The highest BCUT2D eigenvalue weighted by molar-refractivity contribution is 7.93. The third-order valence-corrected chi connectivity index (χ3v) is 7.78. The SMILES string of the molecule is O=C(CS(=O)(=O)Nc1ccc(N2CCCCC2)cc1)NCc1cccc(NC(=O)C2CCCC2)c1. The van der Waals surface area contributed by atoms with Gasteiger partial charge in [-0.2, -0.15) is 0 Å². The van der Waals surface area contributed by atoms with Crippen molar-refractivity contribution in [3.63, 3.8) is 0 Å². The van der Waals surface area contributed by atoms with E-state index in [0.717, 1.165) is 50.0 Å². The maximum atomic E-state index is 12.5. The molecule has 0 spiro atoms. The second-order valence-corrected chi connectivity index (χ2v) is 11.1. The van der Waals surface area contributed by atoms with Crippen molar-refractivity contribution in [3.05, 3.63) is 54.1 Å². The van der Waals surface area contributed by atoms with E-state index in [9.17, 15) is 18.0 Å². The Labute approximate surface area is 207 Å². The fourth-order valence-electron chi connectivity index (χ4n) is 4.72. The van der Waals surface area contributed by atoms with Gasteiger partial charge in [0.15, 0.2) is 0 Å². The summed E-state index contributed by atoms with van der Waals surface area (Å²) in [5.74, 6) is -1.16. The number of amides is 2. The van der Waals surface area contributed by atoms with Crippen LogP contribution in [0.4, 0.5) is 17.1 Å². The summed E-state index contributed by atoms with van der Waals surface area (Å²) in [6.45, 7) is 2.20. The van der Waals surface area contributed by atoms with Gasteiger partial charge < -0.3 is 15.5 Å². The molecule has 1 aliphatic heterocycles. The third-order valence-electron chi connectivity index (χ3n) is 6.59. The molecule has 1 saturated carbocycles. The van der Waals surface area contributed by atoms with Crippen molar-refractivity contribution >= 4 is 38.9 Å². The lowest BCUT2D eigenvalue weighted by Gasteiger charge is -2.28. The van der Waals surface area contributed by atoms with Gasteiger partial charge in [0, 0.05) is 42.6 Å². The normalized spacial score (nSPS) is 16.6. The van der Waals surface area contributed by atoms with Crippen LogP contribution in [0.1, 0.15) is 50.5 Å². The average Bonchev–Trinajstić information content (AvgIpc) is 3.39. The van der Waals surface area contributed by atoms with Crippen LogP contribution in [0.2, 0.25) is 0 Å². The zero-order valence-corrected chi connectivity index (χ0v) is 20.8. The van der Waals surface area contributed by atoms with E-state index in [-0.39, 0.29) is 18.4 Å². The van der Waals surface area contributed by atoms with E-state index in [1.807, 2.05) is 24.3 Å². The molecule has 1 heterocycles. The number of benzene rings is 2. The lowest BCUT2D eigenvalue weighted by atomic mass is 10.1. The summed E-state index contributed by atoms with van der Waals surface area (Å²) in [5, 5.41) is 5.59. The highest BCUT2D eigenvalue weighted by Crippen LogP contribution is 2.26. The van der Waals surface area contributed by atoms with Crippen LogP contribution in [-0.4, -0.2) is 39.1 Å². The van der Waals surface area contributed by atoms with Crippen LogP contribution in [0.15, 0.2) is 48.5 Å². The Kier molecular flexibility index (Phi) is 8.28. The third kappa shape index (κ3) is 7.45. The van der Waals surface area contributed by atoms with Gasteiger partial charge in [0.1, 0.15) is 5.75 Å². The number of rotatable bonds is 9. The van der Waals surface area contributed by atoms with E-state index >= 15 is 0 Å². The van der Waals surface area contributed by atoms with Gasteiger partial charge in [-0.15, -0.1) is 0 Å². The second kappa shape index (κ2) is 11.6. The van der Waals surface area contributed by atoms with Crippen LogP contribution in [-0.2, 0) is 26.2 Å². The summed E-state index contributed by atoms with van der Waals surface area (Å²) in [4.78, 5) is 26.9. The van der Waals surface area contributed by atoms with Gasteiger partial charge in [0.25, 0.3) is 0 Å². The van der Waals surface area contributed by atoms with Gasteiger partial charge in [-0.3, -0.25) is 14.3 Å². The molecule has 2 aromatic rings. The first kappa shape index (κ1) is 25.0. The summed E-state index contributed by atoms with van der Waals surface area (Å²) in [6.07, 6.45) is 7.61. The van der Waals surface area contributed by atoms with Gasteiger partial charge in [-0.1, -0.05) is 25.0 Å². The number of piperidine rings is 1. The molecule has 8 nitrogen and oxygen atoms in total. The smallest absolute Gasteiger partial charge is 0.241 e. The van der Waals surface area contributed by atoms with Crippen molar-refractivity contribution in [3.8, 4) is 0 Å². The first-order valence-corrected chi connectivity index (χ1v) is 14.1. The van der Waals surface area contributed by atoms with Crippen LogP contribution < -0.4 is 20.3 Å². The number of hydrogen-bond donors (Lipinski definition) is 3. The summed E-state index contributed by atoms with van der Waals surface area (Å²) in [6, 6.07) is 14.5. The molecule has 188 valence electrons. The summed E-state index contributed by atoms with van der Waals surface area (Å²) >= 11 is 0. The van der Waals surface area contributed by atoms with Crippen LogP contribution >= 0.6 is 0 Å². The summed E-state index contributed by atoms with van der Waals surface area (Å²) in [5.41, 5.74) is 2.97. The van der Waals surface area contributed by atoms with Crippen molar-refractivity contribution in [1.82, 2.24) is 5.32 Å². The molecule has 0 atom stereocenters. The van der Waals surface area contributed by atoms with Crippen molar-refractivity contribution in [1.29, 1.82) is 0 Å². The number of hydrogen-bond acceptors (Lipinski definition) is 5. The predicted octanol–water partition coefficient (Wildman–Crippen LogP) is 3.86. The standard InChI is InChI=1S/C26H34N4O4S/c31-25(27-18-20-7-6-10-23(17-20)28-26(32)21-8-2-3-9-21)19-35(33,34)29-22-11-13-24(14-12-22)30-15-4-1-5-16-30/h6-7,10-14,17,21,29H,1-5,8-9,15-16,18-19H2,(H,27,31)(H,28,32). The molecule has 0 radical (unpaired) electrons. The predicted molar refractivity (Wildman–Crippen MR) is 139 cm³/mol. The van der Waals surface area contributed by atoms with Crippen molar-refractivity contribution in [2.45, 2.75) is 51.5 Å². The molecule has 2 fully saturated rings. The molecule has 2 amide bonds. The minimum absolute atomic E-state index is 0.0322. The van der Waals surface area contributed by atoms with E-state index in [2.05, 4.69) is 20.3 Å². The van der Waals surface area contributed by atoms with Crippen molar-refractivity contribution < 1.29 is 18.0 Å². The van der Waals surface area contributed by atoms with Crippen LogP contribution in [0, 0.1) is 5.92 Å². The number of sulfonamides is 1. The zero-order valence-electron chi connectivity index (χ0n) is 20.0. The Morgan fingerprint density at radius 2 is 1.60 bits per heavy atom. The highest BCUT2D eigenvalue weighted by atomic mass is 32.2. The molecule has 0 aromatic heterocycles. The number of carbonyl (C=O) groups is 2. The maximum Gasteiger partial charge on any atom is 0.241 e. The minimum Gasteiger partial charge on any atom is -0.372 e. The summed E-state index contributed by atoms with van der Waals surface area (Å²) in [7, 11) is -3.84. The largest absolute Gasteiger partial charge is 0.372 e. The average molecular weight is 499 g/mol. The van der Waals surface area contributed by atoms with Crippen molar-refractivity contribution in [2.24, 2.45) is 5.92 Å². The molecular weight excluding hydrogens is 464 g/mol. The summed E-state index contributed by atoms with van der Waals surface area (Å²) < 4.78 is 27.4. The Hall–Kier alpha value is -3.07. The number of nitrogens with zero attached hydrogens (tertiary/aromatic N) is 1. The number of nitrogens with one attached hydrogen (secondary N) is 3. The van der Waals surface area contributed by atoms with Gasteiger partial charge >= 0.3 is 0 Å². The minimum atomic E-state index is -3.84. The van der Waals surface area contributed by atoms with Gasteiger partial charge in [-0.05, 0) is 74.1 Å². The molecule has 2 aromatic carbocycles. The van der Waals surface area contributed by atoms with E-state index in [1.165, 1.54) is 19.3 Å². The second-order valence-electron chi connectivity index (χ2n) is 9.40. The topological polar surface area (TPSA) is 108 Å². The fraction of sp³-hybridized carbons (Fsp3) is 0.462. The Morgan fingerprint density at radius 1 is 0.886 bits per heavy atom. The van der Waals surface area contributed by atoms with Crippen LogP contribution in [0.3, 0.4) is 0 Å². The van der Waals surface area contributed by atoms with Crippen molar-refractivity contribution in [2.75, 3.05) is 33.8 Å². The van der Waals surface area contributed by atoms with E-state index in [0.29, 0.717) is 11.4 Å². The first-order valence-electron chi connectivity index (χ1n) is 12.4. The lowest BCUT2D eigenvalue weighted by Crippen LogP contribution is -2.32. The van der Waals surface area contributed by atoms with Crippen LogP contribution in [0.25, 0.3) is 0 Å². The Balaban J connectivity index is 1.25. The number of carbonyl (C=O) groups excluding carboxylic acids is 2. The molecule has 9 heteroatoms. The van der Waals surface area contributed by atoms with E-state index in [1.54, 1.807) is 24.3 Å². The highest BCUT2D eigenvalue weighted by Gasteiger charge is 2.22. The van der Waals surface area contributed by atoms with E-state index < -0.39 is 21.7 Å². The molecule has 4 rings (SSSR count). The molecule has 1 aliphatic carbocycles. The molecule has 3 N–H and O–H groups in total. The molecule has 35 heavy (non-hydrogen) atoms. The lowest BCUT2D eigenvalue weighted by molar-refractivity contribution is -0.120. The fourth-order valence-corrected chi connectivity index (χ4v) is 5.74. The Morgan fingerprint density at radius 3 is 2.31 bits per heavy atom. The van der Waals surface area contributed by atoms with Gasteiger partial charge in [0.05, 0.1) is 0 Å². The Bertz CT molecular complexity index is 1120. The molecule has 0 bridgehead atoms. The van der Waals surface area contributed by atoms with Gasteiger partial charge in [0.2, 0.25) is 21.8 Å². The zero-order chi connectivity index (χ0) is 24.7. The number of anilines is 3. The molecule has 0 unspecified atom stereocenters. The monoisotopic (exact) mass is 498 g/mol. The quantitative estimate of drug-likeness (QED) is 0.487. The molecule has 1 saturated heterocycles. The molecular formula is C26H34N4O4S. The first-order chi connectivity index (χ1) is 16.9. The van der Waals surface area contributed by atoms with Gasteiger partial charge in [-0.25, -0.2) is 8.42 Å². The molecule has 2 aliphatic rings. The maximum absolute atomic E-state index is 12.5. The van der Waals surface area contributed by atoms with E-state index in [4.69, 9.17) is 0 Å².